The van der Waals surface area contributed by atoms with Crippen molar-refractivity contribution in [2.75, 3.05) is 13.2 Å². The first-order chi connectivity index (χ1) is 8.63. The molecule has 0 bridgehead atoms. The van der Waals surface area contributed by atoms with Crippen molar-refractivity contribution < 1.29 is 9.90 Å². The maximum absolute atomic E-state index is 12.5. The van der Waals surface area contributed by atoms with E-state index in [1.54, 1.807) is 11.0 Å². The summed E-state index contributed by atoms with van der Waals surface area (Å²) in [5.41, 5.74) is 0.614. The molecule has 2 rings (SSSR count). The van der Waals surface area contributed by atoms with Gasteiger partial charge in [0.1, 0.15) is 0 Å². The van der Waals surface area contributed by atoms with Gasteiger partial charge in [-0.2, -0.15) is 0 Å². The number of halogens is 1. The van der Waals surface area contributed by atoms with E-state index in [4.69, 9.17) is 0 Å². The third-order valence-corrected chi connectivity index (χ3v) is 4.25. The van der Waals surface area contributed by atoms with Gasteiger partial charge in [-0.25, -0.2) is 0 Å². The second-order valence-corrected chi connectivity index (χ2v) is 5.87. The standard InChI is InChI=1S/C13H16BrNO2S/c14-12-5-4-10(18)7-11(12)13(17)15-6-2-1-3-9(15)8-16/h4-5,7,9,16,18H,1-3,6,8H2. The number of carbonyl (C=O) groups excluding carboxylic acids is 1. The average molecular weight is 330 g/mol. The van der Waals surface area contributed by atoms with Crippen LogP contribution in [0.3, 0.4) is 0 Å². The van der Waals surface area contributed by atoms with E-state index in [1.807, 2.05) is 12.1 Å². The van der Waals surface area contributed by atoms with Gasteiger partial charge >= 0.3 is 0 Å². The highest BCUT2D eigenvalue weighted by atomic mass is 79.9. The van der Waals surface area contributed by atoms with Crippen LogP contribution in [0.1, 0.15) is 29.6 Å². The van der Waals surface area contributed by atoms with E-state index in [9.17, 15) is 9.90 Å². The first-order valence-electron chi connectivity index (χ1n) is 6.04. The first-order valence-corrected chi connectivity index (χ1v) is 7.28. The first kappa shape index (κ1) is 13.9. The van der Waals surface area contributed by atoms with Crippen molar-refractivity contribution in [2.45, 2.75) is 30.2 Å². The van der Waals surface area contributed by atoms with Crippen LogP contribution < -0.4 is 0 Å². The molecule has 0 saturated carbocycles. The smallest absolute Gasteiger partial charge is 0.255 e. The number of aliphatic hydroxyl groups is 1. The molecule has 1 atom stereocenters. The summed E-state index contributed by atoms with van der Waals surface area (Å²) in [4.78, 5) is 15.0. The topological polar surface area (TPSA) is 40.5 Å². The maximum Gasteiger partial charge on any atom is 0.255 e. The van der Waals surface area contributed by atoms with Gasteiger partial charge in [-0.15, -0.1) is 12.6 Å². The minimum absolute atomic E-state index is 0.0310. The summed E-state index contributed by atoms with van der Waals surface area (Å²) in [6.07, 6.45) is 2.95. The molecule has 1 aromatic rings. The van der Waals surface area contributed by atoms with E-state index in [1.165, 1.54) is 0 Å². The molecule has 0 spiro atoms. The van der Waals surface area contributed by atoms with Crippen LogP contribution in [0, 0.1) is 0 Å². The van der Waals surface area contributed by atoms with Crippen molar-refractivity contribution in [2.24, 2.45) is 0 Å². The summed E-state index contributed by atoms with van der Waals surface area (Å²) in [5.74, 6) is -0.0310. The Morgan fingerprint density at radius 3 is 3.00 bits per heavy atom. The predicted molar refractivity (Wildman–Crippen MR) is 77.2 cm³/mol. The Balaban J connectivity index is 2.26. The largest absolute Gasteiger partial charge is 0.394 e. The van der Waals surface area contributed by atoms with Gasteiger partial charge in [0.05, 0.1) is 18.2 Å². The van der Waals surface area contributed by atoms with E-state index in [0.717, 1.165) is 28.6 Å². The van der Waals surface area contributed by atoms with E-state index in [0.29, 0.717) is 12.1 Å². The Labute approximate surface area is 121 Å². The van der Waals surface area contributed by atoms with E-state index < -0.39 is 0 Å². The Hall–Kier alpha value is -0.520. The molecular formula is C13H16BrNO2S. The number of amides is 1. The number of nitrogens with zero attached hydrogens (tertiary/aromatic N) is 1. The van der Waals surface area contributed by atoms with Crippen molar-refractivity contribution in [1.82, 2.24) is 4.90 Å². The van der Waals surface area contributed by atoms with Gasteiger partial charge < -0.3 is 10.0 Å². The molecule has 1 heterocycles. The lowest BCUT2D eigenvalue weighted by atomic mass is 10.0. The van der Waals surface area contributed by atoms with Crippen LogP contribution in [-0.4, -0.2) is 35.1 Å². The molecule has 1 saturated heterocycles. The Morgan fingerprint density at radius 1 is 1.50 bits per heavy atom. The predicted octanol–water partition coefficient (Wildman–Crippen LogP) is 2.72. The molecule has 3 nitrogen and oxygen atoms in total. The number of hydrogen-bond acceptors (Lipinski definition) is 3. The van der Waals surface area contributed by atoms with Crippen molar-refractivity contribution in [3.63, 3.8) is 0 Å². The summed E-state index contributed by atoms with van der Waals surface area (Å²) in [6, 6.07) is 5.37. The fourth-order valence-corrected chi connectivity index (χ4v) is 2.91. The molecule has 0 aliphatic carbocycles. The second-order valence-electron chi connectivity index (χ2n) is 4.49. The van der Waals surface area contributed by atoms with Crippen molar-refractivity contribution in [3.05, 3.63) is 28.2 Å². The third-order valence-electron chi connectivity index (χ3n) is 3.28. The van der Waals surface area contributed by atoms with Crippen molar-refractivity contribution in [1.29, 1.82) is 0 Å². The maximum atomic E-state index is 12.5. The lowest BCUT2D eigenvalue weighted by molar-refractivity contribution is 0.0502. The number of benzene rings is 1. The van der Waals surface area contributed by atoms with E-state index in [-0.39, 0.29) is 18.6 Å². The van der Waals surface area contributed by atoms with Crippen LogP contribution in [0.15, 0.2) is 27.6 Å². The lowest BCUT2D eigenvalue weighted by Gasteiger charge is -2.34. The Kier molecular flexibility index (Phi) is 4.70. The minimum Gasteiger partial charge on any atom is -0.394 e. The van der Waals surface area contributed by atoms with Crippen LogP contribution in [0.5, 0.6) is 0 Å². The Bertz CT molecular complexity index is 453. The molecule has 18 heavy (non-hydrogen) atoms. The van der Waals surface area contributed by atoms with Crippen LogP contribution in [-0.2, 0) is 0 Å². The summed E-state index contributed by atoms with van der Waals surface area (Å²) < 4.78 is 0.771. The Morgan fingerprint density at radius 2 is 2.28 bits per heavy atom. The van der Waals surface area contributed by atoms with Gasteiger partial charge in [0, 0.05) is 15.9 Å². The lowest BCUT2D eigenvalue weighted by Crippen LogP contribution is -2.45. The van der Waals surface area contributed by atoms with E-state index in [2.05, 4.69) is 28.6 Å². The van der Waals surface area contributed by atoms with Crippen molar-refractivity contribution >= 4 is 34.5 Å². The van der Waals surface area contributed by atoms with E-state index >= 15 is 0 Å². The monoisotopic (exact) mass is 329 g/mol. The molecule has 0 aromatic heterocycles. The second kappa shape index (κ2) is 6.08. The molecule has 1 unspecified atom stereocenters. The molecule has 1 N–H and O–H groups in total. The van der Waals surface area contributed by atoms with Crippen LogP contribution in [0.25, 0.3) is 0 Å². The number of likely N-dealkylation sites (tertiary alicyclic amines) is 1. The number of carbonyl (C=O) groups is 1. The molecule has 1 amide bonds. The number of thiol groups is 1. The van der Waals surface area contributed by atoms with Gasteiger partial charge in [-0.3, -0.25) is 4.79 Å². The molecular weight excluding hydrogens is 314 g/mol. The van der Waals surface area contributed by atoms with Crippen LogP contribution in [0.4, 0.5) is 0 Å². The highest BCUT2D eigenvalue weighted by molar-refractivity contribution is 9.10. The quantitative estimate of drug-likeness (QED) is 0.819. The number of rotatable bonds is 2. The fourth-order valence-electron chi connectivity index (χ4n) is 2.29. The highest BCUT2D eigenvalue weighted by Crippen LogP contribution is 2.25. The highest BCUT2D eigenvalue weighted by Gasteiger charge is 2.27. The summed E-state index contributed by atoms with van der Waals surface area (Å²) in [5, 5.41) is 9.36. The summed E-state index contributed by atoms with van der Waals surface area (Å²) in [7, 11) is 0. The molecule has 1 fully saturated rings. The SMILES string of the molecule is O=C(c1cc(S)ccc1Br)N1CCCCC1CO. The van der Waals surface area contributed by atoms with Gasteiger partial charge in [-0.05, 0) is 53.4 Å². The number of hydrogen-bond donors (Lipinski definition) is 2. The van der Waals surface area contributed by atoms with Crippen molar-refractivity contribution in [3.8, 4) is 0 Å². The van der Waals surface area contributed by atoms with Gasteiger partial charge in [0.2, 0.25) is 0 Å². The minimum atomic E-state index is -0.0540. The molecule has 5 heteroatoms. The van der Waals surface area contributed by atoms with Crippen LogP contribution >= 0.6 is 28.6 Å². The van der Waals surface area contributed by atoms with Gasteiger partial charge in [0.15, 0.2) is 0 Å². The molecule has 98 valence electrons. The zero-order valence-electron chi connectivity index (χ0n) is 9.97. The fraction of sp³-hybridized carbons (Fsp3) is 0.462. The molecule has 1 aliphatic rings. The van der Waals surface area contributed by atoms with Gasteiger partial charge in [0.25, 0.3) is 5.91 Å². The molecule has 1 aliphatic heterocycles. The number of piperidine rings is 1. The average Bonchev–Trinajstić information content (AvgIpc) is 2.40. The van der Waals surface area contributed by atoms with Crippen LogP contribution in [0.2, 0.25) is 0 Å². The molecule has 0 radical (unpaired) electrons. The number of aliphatic hydroxyl groups excluding tert-OH is 1. The summed E-state index contributed by atoms with van der Waals surface area (Å²) in [6.45, 7) is 0.747. The normalized spacial score (nSPS) is 19.9. The zero-order valence-corrected chi connectivity index (χ0v) is 12.5. The van der Waals surface area contributed by atoms with Gasteiger partial charge in [-0.1, -0.05) is 0 Å². The summed E-state index contributed by atoms with van der Waals surface area (Å²) >= 11 is 7.66. The zero-order chi connectivity index (χ0) is 13.1. The molecule has 1 aromatic carbocycles. The third kappa shape index (κ3) is 2.90.